The summed E-state index contributed by atoms with van der Waals surface area (Å²) in [6.07, 6.45) is 4.11. The van der Waals surface area contributed by atoms with Crippen molar-refractivity contribution in [2.24, 2.45) is 11.8 Å². The SMILES string of the molecule is CCC(C)CC(NN)c1ncc(C)cc1C. The first-order chi connectivity index (χ1) is 7.58. The summed E-state index contributed by atoms with van der Waals surface area (Å²) < 4.78 is 0. The van der Waals surface area contributed by atoms with E-state index in [2.05, 4.69) is 44.2 Å². The molecule has 1 heterocycles. The van der Waals surface area contributed by atoms with Crippen molar-refractivity contribution in [1.82, 2.24) is 10.4 Å². The van der Waals surface area contributed by atoms with Crippen molar-refractivity contribution in [3.05, 3.63) is 29.1 Å². The summed E-state index contributed by atoms with van der Waals surface area (Å²) in [5.41, 5.74) is 6.37. The number of aryl methyl sites for hydroxylation is 2. The quantitative estimate of drug-likeness (QED) is 0.593. The molecule has 0 aliphatic rings. The Labute approximate surface area is 98.4 Å². The summed E-state index contributed by atoms with van der Waals surface area (Å²) in [4.78, 5) is 4.49. The Morgan fingerprint density at radius 2 is 2.12 bits per heavy atom. The Balaban J connectivity index is 2.86. The van der Waals surface area contributed by atoms with E-state index in [-0.39, 0.29) is 6.04 Å². The first-order valence-corrected chi connectivity index (χ1v) is 5.97. The number of hydrazine groups is 1. The molecule has 0 radical (unpaired) electrons. The minimum Gasteiger partial charge on any atom is -0.271 e. The Hall–Kier alpha value is -0.930. The lowest BCUT2D eigenvalue weighted by molar-refractivity contribution is 0.400. The van der Waals surface area contributed by atoms with Crippen LogP contribution in [0.3, 0.4) is 0 Å². The van der Waals surface area contributed by atoms with Crippen LogP contribution in [0.4, 0.5) is 0 Å². The monoisotopic (exact) mass is 221 g/mol. The van der Waals surface area contributed by atoms with Gasteiger partial charge in [0.05, 0.1) is 11.7 Å². The average Bonchev–Trinajstić information content (AvgIpc) is 2.26. The number of rotatable bonds is 5. The molecule has 1 aromatic heterocycles. The van der Waals surface area contributed by atoms with E-state index in [0.717, 1.165) is 12.1 Å². The van der Waals surface area contributed by atoms with E-state index in [4.69, 9.17) is 5.84 Å². The number of hydrogen-bond donors (Lipinski definition) is 2. The van der Waals surface area contributed by atoms with Crippen LogP contribution in [0.5, 0.6) is 0 Å². The molecule has 0 amide bonds. The van der Waals surface area contributed by atoms with Crippen LogP contribution in [0, 0.1) is 19.8 Å². The van der Waals surface area contributed by atoms with Gasteiger partial charge in [0.15, 0.2) is 0 Å². The summed E-state index contributed by atoms with van der Waals surface area (Å²) in [6.45, 7) is 8.60. The molecule has 2 atom stereocenters. The molecule has 1 aromatic rings. The molecule has 0 saturated heterocycles. The number of hydrogen-bond acceptors (Lipinski definition) is 3. The third-order valence-electron chi connectivity index (χ3n) is 3.12. The van der Waals surface area contributed by atoms with E-state index < -0.39 is 0 Å². The lowest BCUT2D eigenvalue weighted by atomic mass is 9.95. The van der Waals surface area contributed by atoms with Crippen LogP contribution >= 0.6 is 0 Å². The van der Waals surface area contributed by atoms with Gasteiger partial charge in [0.25, 0.3) is 0 Å². The van der Waals surface area contributed by atoms with E-state index >= 15 is 0 Å². The van der Waals surface area contributed by atoms with Crippen molar-refractivity contribution in [2.75, 3.05) is 0 Å². The van der Waals surface area contributed by atoms with Gasteiger partial charge in [0, 0.05) is 6.20 Å². The number of nitrogens with one attached hydrogen (secondary N) is 1. The van der Waals surface area contributed by atoms with E-state index in [9.17, 15) is 0 Å². The number of nitrogens with two attached hydrogens (primary N) is 1. The minimum atomic E-state index is 0.163. The maximum absolute atomic E-state index is 5.62. The predicted octanol–water partition coefficient (Wildman–Crippen LogP) is 2.64. The molecule has 2 unspecified atom stereocenters. The first-order valence-electron chi connectivity index (χ1n) is 5.97. The molecule has 0 saturated carbocycles. The Kier molecular flexibility index (Phi) is 4.90. The summed E-state index contributed by atoms with van der Waals surface area (Å²) in [7, 11) is 0. The van der Waals surface area contributed by atoms with Crippen molar-refractivity contribution >= 4 is 0 Å². The number of aromatic nitrogens is 1. The third kappa shape index (κ3) is 3.29. The highest BCUT2D eigenvalue weighted by Gasteiger charge is 2.16. The molecule has 3 N–H and O–H groups in total. The van der Waals surface area contributed by atoms with E-state index in [1.807, 2.05) is 6.20 Å². The maximum atomic E-state index is 5.62. The highest BCUT2D eigenvalue weighted by atomic mass is 15.2. The second-order valence-electron chi connectivity index (χ2n) is 4.68. The van der Waals surface area contributed by atoms with Crippen molar-refractivity contribution in [3.8, 4) is 0 Å². The minimum absolute atomic E-state index is 0.163. The Morgan fingerprint density at radius 3 is 2.62 bits per heavy atom. The lowest BCUT2D eigenvalue weighted by Crippen LogP contribution is -2.30. The van der Waals surface area contributed by atoms with Crippen molar-refractivity contribution in [3.63, 3.8) is 0 Å². The molecule has 16 heavy (non-hydrogen) atoms. The van der Waals surface area contributed by atoms with E-state index in [1.165, 1.54) is 17.5 Å². The van der Waals surface area contributed by atoms with Gasteiger partial charge in [-0.1, -0.05) is 26.3 Å². The molecule has 0 aromatic carbocycles. The smallest absolute Gasteiger partial charge is 0.0637 e. The average molecular weight is 221 g/mol. The molecule has 0 aliphatic heterocycles. The molecule has 0 fully saturated rings. The molecule has 90 valence electrons. The second-order valence-corrected chi connectivity index (χ2v) is 4.68. The van der Waals surface area contributed by atoms with Gasteiger partial charge in [-0.25, -0.2) is 0 Å². The first kappa shape index (κ1) is 13.1. The van der Waals surface area contributed by atoms with Gasteiger partial charge in [-0.05, 0) is 37.3 Å². The van der Waals surface area contributed by atoms with Crippen LogP contribution in [0.25, 0.3) is 0 Å². The zero-order valence-corrected chi connectivity index (χ0v) is 10.7. The van der Waals surface area contributed by atoms with Crippen LogP contribution < -0.4 is 11.3 Å². The largest absolute Gasteiger partial charge is 0.271 e. The molecular weight excluding hydrogens is 198 g/mol. The maximum Gasteiger partial charge on any atom is 0.0637 e. The summed E-state index contributed by atoms with van der Waals surface area (Å²) in [5, 5.41) is 0. The van der Waals surface area contributed by atoms with Crippen molar-refractivity contribution < 1.29 is 0 Å². The van der Waals surface area contributed by atoms with Gasteiger partial charge >= 0.3 is 0 Å². The molecular formula is C13H23N3. The molecule has 0 aliphatic carbocycles. The molecule has 3 nitrogen and oxygen atoms in total. The third-order valence-corrected chi connectivity index (χ3v) is 3.12. The summed E-state index contributed by atoms with van der Waals surface area (Å²) >= 11 is 0. The summed E-state index contributed by atoms with van der Waals surface area (Å²) in [6, 6.07) is 2.32. The van der Waals surface area contributed by atoms with Crippen molar-refractivity contribution in [2.45, 2.75) is 46.6 Å². The standard InChI is InChI=1S/C13H23N3/c1-5-9(2)7-12(16-14)13-11(4)6-10(3)8-15-13/h6,8-9,12,16H,5,7,14H2,1-4H3. The Bertz CT molecular complexity index is 336. The fourth-order valence-corrected chi connectivity index (χ4v) is 1.92. The van der Waals surface area contributed by atoms with E-state index in [0.29, 0.717) is 5.92 Å². The number of pyridine rings is 1. The van der Waals surface area contributed by atoms with Gasteiger partial charge < -0.3 is 0 Å². The van der Waals surface area contributed by atoms with Crippen LogP contribution in [-0.4, -0.2) is 4.98 Å². The molecule has 3 heteroatoms. The van der Waals surface area contributed by atoms with Crippen LogP contribution in [0.2, 0.25) is 0 Å². The van der Waals surface area contributed by atoms with Crippen LogP contribution in [-0.2, 0) is 0 Å². The predicted molar refractivity (Wildman–Crippen MR) is 67.8 cm³/mol. The zero-order valence-electron chi connectivity index (χ0n) is 10.7. The summed E-state index contributed by atoms with van der Waals surface area (Å²) in [5.74, 6) is 6.28. The van der Waals surface area contributed by atoms with Gasteiger partial charge in [-0.15, -0.1) is 0 Å². The van der Waals surface area contributed by atoms with Gasteiger partial charge in [0.1, 0.15) is 0 Å². The molecule has 1 rings (SSSR count). The van der Waals surface area contributed by atoms with Gasteiger partial charge in [0.2, 0.25) is 0 Å². The van der Waals surface area contributed by atoms with Crippen LogP contribution in [0.15, 0.2) is 12.3 Å². The van der Waals surface area contributed by atoms with Gasteiger partial charge in [-0.2, -0.15) is 0 Å². The topological polar surface area (TPSA) is 50.9 Å². The van der Waals surface area contributed by atoms with Crippen molar-refractivity contribution in [1.29, 1.82) is 0 Å². The fourth-order valence-electron chi connectivity index (χ4n) is 1.92. The second kappa shape index (κ2) is 5.97. The Morgan fingerprint density at radius 1 is 1.44 bits per heavy atom. The van der Waals surface area contributed by atoms with E-state index in [1.54, 1.807) is 0 Å². The molecule has 0 bridgehead atoms. The highest BCUT2D eigenvalue weighted by molar-refractivity contribution is 5.25. The fraction of sp³-hybridized carbons (Fsp3) is 0.615. The normalized spacial score (nSPS) is 14.8. The molecule has 0 spiro atoms. The van der Waals surface area contributed by atoms with Crippen LogP contribution in [0.1, 0.15) is 49.6 Å². The number of nitrogens with zero attached hydrogens (tertiary/aromatic N) is 1. The highest BCUT2D eigenvalue weighted by Crippen LogP contribution is 2.23. The lowest BCUT2D eigenvalue weighted by Gasteiger charge is -2.20. The van der Waals surface area contributed by atoms with Gasteiger partial charge in [-0.3, -0.25) is 16.3 Å². The zero-order chi connectivity index (χ0) is 12.1.